The maximum Gasteiger partial charge on any atom is 0.273 e. The van der Waals surface area contributed by atoms with Gasteiger partial charge in [-0.2, -0.15) is 0 Å². The Kier molecular flexibility index (Phi) is 6.00. The maximum absolute atomic E-state index is 12.6. The van der Waals surface area contributed by atoms with Gasteiger partial charge < -0.3 is 4.74 Å². The van der Waals surface area contributed by atoms with E-state index in [-0.39, 0.29) is 27.9 Å². The van der Waals surface area contributed by atoms with Crippen LogP contribution in [0.3, 0.4) is 0 Å². The summed E-state index contributed by atoms with van der Waals surface area (Å²) in [6.07, 6.45) is 1.65. The number of ether oxygens (including phenoxy) is 1. The number of hydrogen-bond donors (Lipinski definition) is 1. The molecular weight excluding hydrogens is 418 g/mol. The number of hydrogen-bond acceptors (Lipinski definition) is 6. The number of nitro benzene ring substituents is 1. The molecule has 0 aliphatic rings. The summed E-state index contributed by atoms with van der Waals surface area (Å²) in [5.74, 6) is 0.367. The lowest BCUT2D eigenvalue weighted by atomic mass is 10.2. The number of anilines is 1. The van der Waals surface area contributed by atoms with Gasteiger partial charge in [-0.15, -0.1) is 0 Å². The molecular formula is C19H16ClN3O5S. The zero-order chi connectivity index (χ0) is 21.0. The number of nitrogens with one attached hydrogen (secondary N) is 1. The molecule has 0 radical (unpaired) electrons. The monoisotopic (exact) mass is 433 g/mol. The van der Waals surface area contributed by atoms with Crippen molar-refractivity contribution in [2.24, 2.45) is 0 Å². The summed E-state index contributed by atoms with van der Waals surface area (Å²) >= 11 is 6.19. The number of rotatable bonds is 7. The zero-order valence-electron chi connectivity index (χ0n) is 15.2. The third-order valence-electron chi connectivity index (χ3n) is 3.97. The second kappa shape index (κ2) is 8.46. The lowest BCUT2D eigenvalue weighted by Gasteiger charge is -2.12. The Morgan fingerprint density at radius 2 is 1.97 bits per heavy atom. The van der Waals surface area contributed by atoms with E-state index in [2.05, 4.69) is 9.71 Å². The van der Waals surface area contributed by atoms with Crippen LogP contribution in [0.5, 0.6) is 5.75 Å². The minimum absolute atomic E-state index is 0.198. The molecule has 150 valence electrons. The van der Waals surface area contributed by atoms with E-state index in [4.69, 9.17) is 16.3 Å². The molecule has 0 aliphatic heterocycles. The summed E-state index contributed by atoms with van der Waals surface area (Å²) in [6, 6.07) is 13.5. The van der Waals surface area contributed by atoms with Gasteiger partial charge in [0.05, 0.1) is 26.2 Å². The van der Waals surface area contributed by atoms with Crippen molar-refractivity contribution in [2.45, 2.75) is 18.4 Å². The molecule has 29 heavy (non-hydrogen) atoms. The Labute approximate surface area is 172 Å². The number of halogens is 1. The van der Waals surface area contributed by atoms with Crippen molar-refractivity contribution in [3.63, 3.8) is 0 Å². The predicted octanol–water partition coefficient (Wildman–Crippen LogP) is 4.33. The predicted molar refractivity (Wildman–Crippen MR) is 109 cm³/mol. The molecule has 8 nitrogen and oxygen atoms in total. The van der Waals surface area contributed by atoms with Crippen molar-refractivity contribution in [1.29, 1.82) is 0 Å². The molecule has 0 saturated heterocycles. The quantitative estimate of drug-likeness (QED) is 0.438. The number of pyridine rings is 1. The second-order valence-corrected chi connectivity index (χ2v) is 8.16. The average Bonchev–Trinajstić information content (AvgIpc) is 2.68. The highest BCUT2D eigenvalue weighted by Crippen LogP contribution is 2.30. The van der Waals surface area contributed by atoms with Crippen LogP contribution < -0.4 is 9.46 Å². The molecule has 0 amide bonds. The Hall–Kier alpha value is -3.17. The average molecular weight is 434 g/mol. The van der Waals surface area contributed by atoms with Crippen molar-refractivity contribution in [1.82, 2.24) is 4.98 Å². The van der Waals surface area contributed by atoms with Crippen LogP contribution in [0.2, 0.25) is 5.02 Å². The Balaban J connectivity index is 1.77. The molecule has 0 aliphatic carbocycles. The molecule has 1 heterocycles. The molecule has 10 heteroatoms. The molecule has 0 spiro atoms. The molecule has 0 unspecified atom stereocenters. The summed E-state index contributed by atoms with van der Waals surface area (Å²) in [5.41, 5.74) is 1.01. The van der Waals surface area contributed by atoms with Crippen LogP contribution in [0.4, 0.5) is 11.4 Å². The third kappa shape index (κ3) is 5.01. The Morgan fingerprint density at radius 3 is 2.62 bits per heavy atom. The second-order valence-electron chi connectivity index (χ2n) is 6.07. The molecule has 3 aromatic rings. The summed E-state index contributed by atoms with van der Waals surface area (Å²) in [5, 5.41) is 11.3. The zero-order valence-corrected chi connectivity index (χ0v) is 16.8. The first-order valence-electron chi connectivity index (χ1n) is 8.36. The van der Waals surface area contributed by atoms with Gasteiger partial charge in [-0.3, -0.25) is 19.8 Å². The first-order chi connectivity index (χ1) is 13.8. The van der Waals surface area contributed by atoms with Gasteiger partial charge in [0.15, 0.2) is 0 Å². The number of aryl methyl sites for hydroxylation is 1. The van der Waals surface area contributed by atoms with E-state index in [0.717, 1.165) is 6.07 Å². The maximum atomic E-state index is 12.6. The van der Waals surface area contributed by atoms with E-state index in [1.807, 2.05) is 6.07 Å². The number of nitro groups is 1. The van der Waals surface area contributed by atoms with Crippen LogP contribution in [0.15, 0.2) is 65.7 Å². The standard InChI is InChI=1S/C19H16ClN3O5S/c1-13-5-7-16(11-18(13)23(24)25)29(26,27)22-14-6-8-19(17(20)10-14)28-12-15-4-2-3-9-21-15/h2-11,22H,12H2,1H3. The summed E-state index contributed by atoms with van der Waals surface area (Å²) in [7, 11) is -4.03. The van der Waals surface area contributed by atoms with Gasteiger partial charge in [0, 0.05) is 17.8 Å². The number of sulfonamides is 1. The molecule has 3 rings (SSSR count). The molecule has 0 fully saturated rings. The Bertz CT molecular complexity index is 1150. The van der Waals surface area contributed by atoms with Gasteiger partial charge in [-0.05, 0) is 43.3 Å². The highest BCUT2D eigenvalue weighted by atomic mass is 35.5. The molecule has 2 aromatic carbocycles. The van der Waals surface area contributed by atoms with E-state index in [1.54, 1.807) is 18.3 Å². The van der Waals surface area contributed by atoms with E-state index >= 15 is 0 Å². The number of benzene rings is 2. The number of nitrogens with zero attached hydrogens (tertiary/aromatic N) is 2. The van der Waals surface area contributed by atoms with Crippen LogP contribution >= 0.6 is 11.6 Å². The summed E-state index contributed by atoms with van der Waals surface area (Å²) in [6.45, 7) is 1.74. The van der Waals surface area contributed by atoms with E-state index < -0.39 is 14.9 Å². The smallest absolute Gasteiger partial charge is 0.273 e. The summed E-state index contributed by atoms with van der Waals surface area (Å²) < 4.78 is 33.1. The van der Waals surface area contributed by atoms with Crippen molar-refractivity contribution in [2.75, 3.05) is 4.72 Å². The normalized spacial score (nSPS) is 11.1. The SMILES string of the molecule is Cc1ccc(S(=O)(=O)Nc2ccc(OCc3ccccn3)c(Cl)c2)cc1[N+](=O)[O-]. The van der Waals surface area contributed by atoms with Gasteiger partial charge >= 0.3 is 0 Å². The van der Waals surface area contributed by atoms with Gasteiger partial charge in [-0.25, -0.2) is 8.42 Å². The van der Waals surface area contributed by atoms with E-state index in [1.165, 1.54) is 37.3 Å². The van der Waals surface area contributed by atoms with Crippen LogP contribution in [0.1, 0.15) is 11.3 Å². The van der Waals surface area contributed by atoms with Crippen LogP contribution in [-0.2, 0) is 16.6 Å². The fourth-order valence-electron chi connectivity index (χ4n) is 2.48. The van der Waals surface area contributed by atoms with E-state index in [0.29, 0.717) is 17.0 Å². The molecule has 1 N–H and O–H groups in total. The van der Waals surface area contributed by atoms with Crippen LogP contribution in [-0.4, -0.2) is 18.3 Å². The topological polar surface area (TPSA) is 111 Å². The minimum atomic E-state index is -4.03. The first-order valence-corrected chi connectivity index (χ1v) is 10.2. The Morgan fingerprint density at radius 1 is 1.17 bits per heavy atom. The molecule has 1 aromatic heterocycles. The minimum Gasteiger partial charge on any atom is -0.486 e. The van der Waals surface area contributed by atoms with Crippen molar-refractivity contribution in [3.05, 3.63) is 87.2 Å². The summed E-state index contributed by atoms with van der Waals surface area (Å²) in [4.78, 5) is 14.4. The fourth-order valence-corrected chi connectivity index (χ4v) is 3.79. The molecule has 0 saturated carbocycles. The molecule has 0 atom stereocenters. The van der Waals surface area contributed by atoms with Crippen molar-refractivity contribution < 1.29 is 18.1 Å². The highest BCUT2D eigenvalue weighted by molar-refractivity contribution is 7.92. The highest BCUT2D eigenvalue weighted by Gasteiger charge is 2.20. The van der Waals surface area contributed by atoms with Gasteiger partial charge in [0.25, 0.3) is 15.7 Å². The molecule has 0 bridgehead atoms. The lowest BCUT2D eigenvalue weighted by Crippen LogP contribution is -2.13. The third-order valence-corrected chi connectivity index (χ3v) is 5.65. The fraction of sp³-hybridized carbons (Fsp3) is 0.105. The van der Waals surface area contributed by atoms with Gasteiger partial charge in [0.2, 0.25) is 0 Å². The van der Waals surface area contributed by atoms with Crippen LogP contribution in [0.25, 0.3) is 0 Å². The van der Waals surface area contributed by atoms with Gasteiger partial charge in [-0.1, -0.05) is 23.7 Å². The van der Waals surface area contributed by atoms with Crippen molar-refractivity contribution in [3.8, 4) is 5.75 Å². The van der Waals surface area contributed by atoms with Gasteiger partial charge in [0.1, 0.15) is 12.4 Å². The lowest BCUT2D eigenvalue weighted by molar-refractivity contribution is -0.385. The van der Waals surface area contributed by atoms with E-state index in [9.17, 15) is 18.5 Å². The first kappa shape index (κ1) is 20.6. The largest absolute Gasteiger partial charge is 0.486 e. The number of aromatic nitrogens is 1. The van der Waals surface area contributed by atoms with Crippen LogP contribution in [0, 0.1) is 17.0 Å². The van der Waals surface area contributed by atoms with Crippen molar-refractivity contribution >= 4 is 33.0 Å².